The number of hydrogen-bond acceptors (Lipinski definition) is 4. The molecule has 5 heterocycles. The van der Waals surface area contributed by atoms with Crippen molar-refractivity contribution < 1.29 is 8.83 Å². The highest BCUT2D eigenvalue weighted by atomic mass is 32.1. The van der Waals surface area contributed by atoms with Crippen molar-refractivity contribution in [2.24, 2.45) is 0 Å². The lowest BCUT2D eigenvalue weighted by molar-refractivity contribution is 0.332. The average Bonchev–Trinajstić information content (AvgIpc) is 4.06. The lowest BCUT2D eigenvalue weighted by Gasteiger charge is -2.41. The van der Waals surface area contributed by atoms with Gasteiger partial charge in [-0.1, -0.05) is 121 Å². The number of para-hydroxylation sites is 2. The van der Waals surface area contributed by atoms with Gasteiger partial charge in [-0.2, -0.15) is 0 Å². The van der Waals surface area contributed by atoms with Gasteiger partial charge in [0.15, 0.2) is 7.28 Å². The fourth-order valence-corrected chi connectivity index (χ4v) is 13.0. The van der Waals surface area contributed by atoms with Crippen LogP contribution < -0.4 is 16.2 Å². The Morgan fingerprint density at radius 3 is 2.02 bits per heavy atom. The number of anilines is 2. The van der Waals surface area contributed by atoms with Gasteiger partial charge in [-0.3, -0.25) is 0 Å². The third-order valence-electron chi connectivity index (χ3n) is 15.6. The number of nitrogens with zero attached hydrogens (tertiary/aromatic N) is 1. The molecule has 8 aromatic carbocycles. The Morgan fingerprint density at radius 1 is 0.591 bits per heavy atom. The van der Waals surface area contributed by atoms with Crippen molar-refractivity contribution in [3.05, 3.63) is 150 Å². The van der Waals surface area contributed by atoms with E-state index in [1.54, 1.807) is 0 Å². The van der Waals surface area contributed by atoms with E-state index in [-0.39, 0.29) is 16.2 Å². The predicted molar refractivity (Wildman–Crippen MR) is 284 cm³/mol. The van der Waals surface area contributed by atoms with Gasteiger partial charge in [0.25, 0.3) is 0 Å². The SMILES string of the molecule is CC(C)(C)c1ccc(Nc2cc3c(cc2-c2ccc4c5c6oc7ccccc7c6ccc5n5c4c2Bc2cc4c(cc2-5)oc2ccccc24)sc2cc4c(cc23)C(C)(C)CCC4(C)C)cc1. The van der Waals surface area contributed by atoms with Crippen molar-refractivity contribution in [1.82, 2.24) is 4.57 Å². The average molecular weight is 873 g/mol. The zero-order valence-corrected chi connectivity index (χ0v) is 39.3. The monoisotopic (exact) mass is 872 g/mol. The topological polar surface area (TPSA) is 43.2 Å². The molecule has 12 aromatic rings. The van der Waals surface area contributed by atoms with Gasteiger partial charge in [-0.05, 0) is 117 Å². The molecule has 14 rings (SSSR count). The second-order valence-corrected chi connectivity index (χ2v) is 22.7. The minimum absolute atomic E-state index is 0.0643. The van der Waals surface area contributed by atoms with Crippen LogP contribution in [0.5, 0.6) is 0 Å². The normalized spacial score (nSPS) is 15.4. The fraction of sp³-hybridized carbons (Fsp3) is 0.200. The van der Waals surface area contributed by atoms with Crippen LogP contribution in [0.1, 0.15) is 78.0 Å². The Hall–Kier alpha value is -6.76. The largest absolute Gasteiger partial charge is 0.456 e. The summed E-state index contributed by atoms with van der Waals surface area (Å²) in [6, 6.07) is 49.9. The second kappa shape index (κ2) is 13.0. The van der Waals surface area contributed by atoms with E-state index in [9.17, 15) is 0 Å². The molecule has 0 atom stereocenters. The van der Waals surface area contributed by atoms with Gasteiger partial charge in [-0.15, -0.1) is 11.3 Å². The molecule has 0 amide bonds. The first-order chi connectivity index (χ1) is 31.8. The summed E-state index contributed by atoms with van der Waals surface area (Å²) in [5.74, 6) is 0. The molecule has 1 N–H and O–H groups in total. The molecule has 0 radical (unpaired) electrons. The van der Waals surface area contributed by atoms with Gasteiger partial charge in [0.1, 0.15) is 22.3 Å². The van der Waals surface area contributed by atoms with Crippen LogP contribution in [-0.4, -0.2) is 11.8 Å². The van der Waals surface area contributed by atoms with Crippen LogP contribution in [0.2, 0.25) is 0 Å². The molecule has 1 aliphatic carbocycles. The quantitative estimate of drug-likeness (QED) is 0.180. The maximum atomic E-state index is 6.82. The van der Waals surface area contributed by atoms with E-state index in [0.717, 1.165) is 79.1 Å². The minimum atomic E-state index is 0.0643. The molecule has 0 bridgehead atoms. The van der Waals surface area contributed by atoms with Crippen LogP contribution in [-0.2, 0) is 16.2 Å². The van der Waals surface area contributed by atoms with E-state index >= 15 is 0 Å². The first kappa shape index (κ1) is 38.5. The number of aromatic nitrogens is 1. The zero-order chi connectivity index (χ0) is 44.6. The summed E-state index contributed by atoms with van der Waals surface area (Å²) in [6.45, 7) is 16.6. The van der Waals surface area contributed by atoms with Crippen molar-refractivity contribution >= 4 is 127 Å². The highest BCUT2D eigenvalue weighted by molar-refractivity contribution is 7.25. The summed E-state index contributed by atoms with van der Waals surface area (Å²) in [4.78, 5) is 0. The van der Waals surface area contributed by atoms with E-state index in [2.05, 4.69) is 192 Å². The number of furan rings is 2. The molecule has 4 aromatic heterocycles. The number of hydrogen-bond donors (Lipinski definition) is 1. The van der Waals surface area contributed by atoms with Gasteiger partial charge in [-0.25, -0.2) is 0 Å². The standard InChI is InChI=1S/C60H49BN2O2S/c1-58(2,3)32-16-18-33(19-17-32)62-46-28-42-41-26-43-44(60(6,7)25-24-59(43,4)5)30-53(41)66-52(42)29-39(46)36-20-21-38-54-47(23-22-37-34-12-8-11-15-50(34)65-57(37)54)63-48-31-51-40(27-45(48)61-55(36)56(38)63)35-13-9-10-14-49(35)64-51/h8-23,26-31,61-62H,24-25H2,1-7H3. The molecule has 0 saturated carbocycles. The van der Waals surface area contributed by atoms with Crippen molar-refractivity contribution in [2.75, 3.05) is 5.32 Å². The minimum Gasteiger partial charge on any atom is -0.456 e. The second-order valence-electron chi connectivity index (χ2n) is 21.6. The van der Waals surface area contributed by atoms with Crippen molar-refractivity contribution in [3.63, 3.8) is 0 Å². The van der Waals surface area contributed by atoms with Crippen LogP contribution >= 0.6 is 11.3 Å². The van der Waals surface area contributed by atoms with Gasteiger partial charge < -0.3 is 18.7 Å². The molecule has 0 saturated heterocycles. The van der Waals surface area contributed by atoms with Gasteiger partial charge in [0, 0.05) is 81.3 Å². The van der Waals surface area contributed by atoms with Crippen molar-refractivity contribution in [3.8, 4) is 16.8 Å². The molecule has 6 heteroatoms. The number of rotatable bonds is 3. The third kappa shape index (κ3) is 5.33. The summed E-state index contributed by atoms with van der Waals surface area (Å²) in [6.07, 6.45) is 2.39. The van der Waals surface area contributed by atoms with E-state index in [1.165, 1.54) is 82.7 Å². The van der Waals surface area contributed by atoms with Gasteiger partial charge >= 0.3 is 0 Å². The number of fused-ring (bicyclic) bond motifs is 16. The third-order valence-corrected chi connectivity index (χ3v) is 16.7. The summed E-state index contributed by atoms with van der Waals surface area (Å²) in [7, 11) is 0.776. The highest BCUT2D eigenvalue weighted by Crippen LogP contribution is 2.51. The Labute approximate surface area is 388 Å². The molecule has 0 spiro atoms. The Kier molecular flexibility index (Phi) is 7.58. The number of benzene rings is 8. The van der Waals surface area contributed by atoms with Crippen LogP contribution in [0.4, 0.5) is 11.4 Å². The maximum absolute atomic E-state index is 6.82. The van der Waals surface area contributed by atoms with Crippen LogP contribution in [0.25, 0.3) is 103 Å². The molecule has 0 unspecified atom stereocenters. The lowest BCUT2D eigenvalue weighted by Crippen LogP contribution is -2.37. The van der Waals surface area contributed by atoms with E-state index < -0.39 is 0 Å². The van der Waals surface area contributed by atoms with Crippen molar-refractivity contribution in [2.45, 2.75) is 77.6 Å². The smallest absolute Gasteiger partial charge is 0.198 e. The zero-order valence-electron chi connectivity index (χ0n) is 38.5. The molecule has 4 nitrogen and oxygen atoms in total. The first-order valence-corrected chi connectivity index (χ1v) is 24.4. The number of thiophene rings is 1. The maximum Gasteiger partial charge on any atom is 0.198 e. The fourth-order valence-electron chi connectivity index (χ4n) is 11.9. The van der Waals surface area contributed by atoms with Gasteiger partial charge in [0.05, 0.1) is 10.9 Å². The number of nitrogens with one attached hydrogen (secondary N) is 1. The van der Waals surface area contributed by atoms with Gasteiger partial charge in [0.2, 0.25) is 0 Å². The molecule has 320 valence electrons. The molecule has 66 heavy (non-hydrogen) atoms. The summed E-state index contributed by atoms with van der Waals surface area (Å²) in [5, 5.41) is 13.6. The molecule has 2 aliphatic rings. The Balaban J connectivity index is 1.07. The van der Waals surface area contributed by atoms with E-state index in [1.807, 2.05) is 11.3 Å². The molecular formula is C60H49BN2O2S. The summed E-state index contributed by atoms with van der Waals surface area (Å²) >= 11 is 1.94. The Morgan fingerprint density at radius 2 is 1.26 bits per heavy atom. The van der Waals surface area contributed by atoms with E-state index in [0.29, 0.717) is 0 Å². The lowest BCUT2D eigenvalue weighted by atomic mass is 9.59. The van der Waals surface area contributed by atoms with Crippen LogP contribution in [0.15, 0.2) is 142 Å². The summed E-state index contributed by atoms with van der Waals surface area (Å²) < 4.78 is 18.6. The first-order valence-electron chi connectivity index (χ1n) is 23.6. The predicted octanol–water partition coefficient (Wildman–Crippen LogP) is 15.7. The summed E-state index contributed by atoms with van der Waals surface area (Å²) in [5.41, 5.74) is 19.1. The Bertz CT molecular complexity index is 4090. The molecule has 1 aliphatic heterocycles. The highest BCUT2D eigenvalue weighted by Gasteiger charge is 2.38. The van der Waals surface area contributed by atoms with E-state index in [4.69, 9.17) is 8.83 Å². The van der Waals surface area contributed by atoms with Crippen LogP contribution in [0, 0.1) is 0 Å². The molecule has 0 fully saturated rings. The molecular weight excluding hydrogens is 824 g/mol. The van der Waals surface area contributed by atoms with Crippen molar-refractivity contribution in [1.29, 1.82) is 0 Å². The van der Waals surface area contributed by atoms with Crippen LogP contribution in [0.3, 0.4) is 0 Å².